The van der Waals surface area contributed by atoms with Crippen LogP contribution in [0, 0.1) is 27.7 Å². The van der Waals surface area contributed by atoms with E-state index in [1.165, 1.54) is 66.8 Å². The Morgan fingerprint density at radius 1 is 0.222 bits per heavy atom. The Morgan fingerprint density at radius 3 is 0.722 bits per heavy atom. The molecule has 0 radical (unpaired) electrons. The Kier molecular flexibility index (Phi) is 8.44. The maximum atomic E-state index is 2.39. The fraction of sp³-hybridized carbons (Fsp3) is 0.0769. The van der Waals surface area contributed by atoms with E-state index >= 15 is 0 Å². The lowest BCUT2D eigenvalue weighted by molar-refractivity contribution is 1.27. The van der Waals surface area contributed by atoms with Crippen LogP contribution in [0.5, 0.6) is 0 Å². The molecule has 0 bridgehead atoms. The summed E-state index contributed by atoms with van der Waals surface area (Å²) < 4.78 is 0. The summed E-state index contributed by atoms with van der Waals surface area (Å²) in [6, 6.07) is 67.2. The first-order valence-electron chi connectivity index (χ1n) is 18.8. The third-order valence-corrected chi connectivity index (χ3v) is 10.7. The van der Waals surface area contributed by atoms with Gasteiger partial charge in [-0.2, -0.15) is 0 Å². The maximum absolute atomic E-state index is 2.39. The van der Waals surface area contributed by atoms with Crippen molar-refractivity contribution in [3.63, 3.8) is 0 Å². The van der Waals surface area contributed by atoms with Gasteiger partial charge in [0.15, 0.2) is 0 Å². The van der Waals surface area contributed by atoms with Crippen LogP contribution in [0.4, 0.5) is 34.1 Å². The highest BCUT2D eigenvalue weighted by Gasteiger charge is 2.25. The molecule has 1 aliphatic carbocycles. The summed E-state index contributed by atoms with van der Waals surface area (Å²) in [5.74, 6) is 0. The highest BCUT2D eigenvalue weighted by atomic mass is 15.1. The van der Waals surface area contributed by atoms with Gasteiger partial charge < -0.3 is 9.80 Å². The summed E-state index contributed by atoms with van der Waals surface area (Å²) in [5.41, 5.74) is 21.5. The smallest absolute Gasteiger partial charge is 0.0468 e. The molecule has 0 saturated carbocycles. The average molecular weight is 695 g/mol. The van der Waals surface area contributed by atoms with Gasteiger partial charge in [-0.05, 0) is 145 Å². The average Bonchev–Trinajstić information content (AvgIpc) is 3.20. The van der Waals surface area contributed by atoms with Gasteiger partial charge in [-0.25, -0.2) is 0 Å². The molecule has 260 valence electrons. The zero-order valence-corrected chi connectivity index (χ0v) is 31.2. The van der Waals surface area contributed by atoms with Crippen LogP contribution in [0.3, 0.4) is 0 Å². The first-order chi connectivity index (χ1) is 26.4. The number of fused-ring (bicyclic) bond motifs is 8. The molecular formula is C52H42N2. The second kappa shape index (κ2) is 13.7. The number of hydrogen-bond donors (Lipinski definition) is 0. The summed E-state index contributed by atoms with van der Waals surface area (Å²) in [7, 11) is 0. The van der Waals surface area contributed by atoms with Crippen LogP contribution in [0.1, 0.15) is 22.3 Å². The largest absolute Gasteiger partial charge is 0.310 e. The molecule has 0 aromatic heterocycles. The second-order valence-electron chi connectivity index (χ2n) is 14.6. The van der Waals surface area contributed by atoms with Gasteiger partial charge in [0, 0.05) is 34.1 Å². The Bertz CT molecular complexity index is 2340. The molecule has 0 amide bonds. The van der Waals surface area contributed by atoms with Crippen LogP contribution in [0.25, 0.3) is 44.5 Å². The summed E-state index contributed by atoms with van der Waals surface area (Å²) in [5, 5.41) is 0. The molecule has 0 atom stereocenters. The summed E-state index contributed by atoms with van der Waals surface area (Å²) >= 11 is 0. The van der Waals surface area contributed by atoms with Gasteiger partial charge in [0.2, 0.25) is 0 Å². The molecule has 0 fully saturated rings. The minimum Gasteiger partial charge on any atom is -0.310 e. The van der Waals surface area contributed by atoms with Crippen molar-refractivity contribution in [2.45, 2.75) is 27.7 Å². The number of anilines is 6. The normalized spacial score (nSPS) is 11.3. The van der Waals surface area contributed by atoms with E-state index in [1.807, 2.05) is 0 Å². The van der Waals surface area contributed by atoms with Crippen LogP contribution in [-0.4, -0.2) is 0 Å². The molecule has 8 aromatic carbocycles. The number of nitrogens with zero attached hydrogens (tertiary/aromatic N) is 2. The SMILES string of the molecule is Cc1ccc(N(c2ccc(C)cc2)c2ccc3c(c2)-c2ccccc2-c2ccc(N(c4ccc(C)cc4)c4ccc(C)cc4)cc2-c2ccccc2-3)cc1. The lowest BCUT2D eigenvalue weighted by Crippen LogP contribution is -2.11. The number of rotatable bonds is 6. The molecule has 1 aliphatic rings. The van der Waals surface area contributed by atoms with Crippen LogP contribution < -0.4 is 9.80 Å². The number of benzene rings is 8. The number of hydrogen-bond acceptors (Lipinski definition) is 2. The van der Waals surface area contributed by atoms with Crippen molar-refractivity contribution < 1.29 is 0 Å². The van der Waals surface area contributed by atoms with Gasteiger partial charge in [-0.3, -0.25) is 0 Å². The molecule has 0 unspecified atom stereocenters. The van der Waals surface area contributed by atoms with Crippen LogP contribution in [-0.2, 0) is 0 Å². The predicted octanol–water partition coefficient (Wildman–Crippen LogP) is 14.8. The van der Waals surface area contributed by atoms with Gasteiger partial charge in [0.05, 0.1) is 0 Å². The Balaban J connectivity index is 1.26. The minimum absolute atomic E-state index is 1.12. The molecule has 54 heavy (non-hydrogen) atoms. The van der Waals surface area contributed by atoms with Crippen molar-refractivity contribution in [2.75, 3.05) is 9.80 Å². The van der Waals surface area contributed by atoms with Crippen molar-refractivity contribution in [3.8, 4) is 44.5 Å². The molecule has 0 heterocycles. The van der Waals surface area contributed by atoms with E-state index in [-0.39, 0.29) is 0 Å². The first-order valence-corrected chi connectivity index (χ1v) is 18.8. The van der Waals surface area contributed by atoms with Gasteiger partial charge in [-0.15, -0.1) is 0 Å². The maximum Gasteiger partial charge on any atom is 0.0468 e. The van der Waals surface area contributed by atoms with Gasteiger partial charge in [0.1, 0.15) is 0 Å². The van der Waals surface area contributed by atoms with Crippen molar-refractivity contribution in [2.24, 2.45) is 0 Å². The van der Waals surface area contributed by atoms with E-state index in [4.69, 9.17) is 0 Å². The minimum atomic E-state index is 1.12. The summed E-state index contributed by atoms with van der Waals surface area (Å²) in [6.07, 6.45) is 0. The van der Waals surface area contributed by atoms with Crippen LogP contribution >= 0.6 is 0 Å². The predicted molar refractivity (Wildman–Crippen MR) is 230 cm³/mol. The van der Waals surface area contributed by atoms with E-state index in [0.29, 0.717) is 0 Å². The van der Waals surface area contributed by atoms with Gasteiger partial charge in [0.25, 0.3) is 0 Å². The van der Waals surface area contributed by atoms with Crippen molar-refractivity contribution in [1.82, 2.24) is 0 Å². The molecule has 2 nitrogen and oxygen atoms in total. The topological polar surface area (TPSA) is 6.48 Å². The van der Waals surface area contributed by atoms with E-state index in [0.717, 1.165) is 34.1 Å². The first kappa shape index (κ1) is 33.2. The highest BCUT2D eigenvalue weighted by molar-refractivity contribution is 6.05. The number of aryl methyl sites for hydroxylation is 4. The molecule has 0 saturated heterocycles. The summed E-state index contributed by atoms with van der Waals surface area (Å²) in [6.45, 7) is 8.57. The zero-order chi connectivity index (χ0) is 36.8. The molecular weight excluding hydrogens is 653 g/mol. The second-order valence-corrected chi connectivity index (χ2v) is 14.6. The van der Waals surface area contributed by atoms with Crippen LogP contribution in [0.15, 0.2) is 182 Å². The Labute approximate surface area is 319 Å². The van der Waals surface area contributed by atoms with E-state index in [9.17, 15) is 0 Å². The molecule has 0 spiro atoms. The van der Waals surface area contributed by atoms with Gasteiger partial charge >= 0.3 is 0 Å². The third kappa shape index (κ3) is 6.06. The fourth-order valence-corrected chi connectivity index (χ4v) is 7.83. The van der Waals surface area contributed by atoms with Crippen LogP contribution in [0.2, 0.25) is 0 Å². The molecule has 8 aromatic rings. The highest BCUT2D eigenvalue weighted by Crippen LogP contribution is 2.51. The van der Waals surface area contributed by atoms with Crippen molar-refractivity contribution in [1.29, 1.82) is 0 Å². The zero-order valence-electron chi connectivity index (χ0n) is 31.2. The fourth-order valence-electron chi connectivity index (χ4n) is 7.83. The van der Waals surface area contributed by atoms with E-state index < -0.39 is 0 Å². The van der Waals surface area contributed by atoms with E-state index in [2.05, 4.69) is 219 Å². The molecule has 0 aliphatic heterocycles. The monoisotopic (exact) mass is 694 g/mol. The standard InChI is InChI=1S/C52H42N2/c1-35-13-21-39(22-14-35)53(40-23-15-36(2)16-24-40)43-29-31-49-46-10-6-8-12-48(46)52-34-44(30-32-50(52)45-9-5-7-11-47(45)51(49)33-43)54(41-25-17-37(3)18-26-41)42-27-19-38(4)20-28-42/h5-34H,1-4H3. The summed E-state index contributed by atoms with van der Waals surface area (Å²) in [4.78, 5) is 4.74. The van der Waals surface area contributed by atoms with E-state index in [1.54, 1.807) is 0 Å². The van der Waals surface area contributed by atoms with Gasteiger partial charge in [-0.1, -0.05) is 131 Å². The lowest BCUT2D eigenvalue weighted by atomic mass is 9.80. The Hall–Kier alpha value is -6.64. The van der Waals surface area contributed by atoms with Crippen molar-refractivity contribution in [3.05, 3.63) is 204 Å². The lowest BCUT2D eigenvalue weighted by Gasteiger charge is -2.30. The molecule has 0 N–H and O–H groups in total. The third-order valence-electron chi connectivity index (χ3n) is 10.7. The molecule has 9 rings (SSSR count). The van der Waals surface area contributed by atoms with Crippen molar-refractivity contribution >= 4 is 34.1 Å². The Morgan fingerprint density at radius 2 is 0.444 bits per heavy atom. The quantitative estimate of drug-likeness (QED) is 0.171. The molecule has 2 heteroatoms.